The number of ether oxygens (including phenoxy) is 3. The molecule has 0 saturated heterocycles. The van der Waals surface area contributed by atoms with Crippen LogP contribution in [0.2, 0.25) is 0 Å². The van der Waals surface area contributed by atoms with Crippen molar-refractivity contribution in [3.8, 4) is 17.2 Å². The molecule has 0 saturated carbocycles. The Labute approximate surface area is 169 Å². The van der Waals surface area contributed by atoms with Gasteiger partial charge in [0.25, 0.3) is 0 Å². The van der Waals surface area contributed by atoms with Gasteiger partial charge < -0.3 is 30.6 Å². The molecule has 2 aromatic carbocycles. The second-order valence-electron chi connectivity index (χ2n) is 6.63. The van der Waals surface area contributed by atoms with E-state index in [0.717, 1.165) is 16.9 Å². The second kappa shape index (κ2) is 9.68. The molecule has 2 aromatic rings. The minimum absolute atomic E-state index is 0.148. The van der Waals surface area contributed by atoms with Gasteiger partial charge in [0.2, 0.25) is 12.7 Å². The Bertz CT molecular complexity index is 854. The molecule has 1 atom stereocenters. The van der Waals surface area contributed by atoms with Crippen molar-refractivity contribution in [1.29, 1.82) is 0 Å². The highest BCUT2D eigenvalue weighted by Crippen LogP contribution is 2.32. The maximum absolute atomic E-state index is 12.1. The average molecular weight is 399 g/mol. The van der Waals surface area contributed by atoms with E-state index in [1.165, 1.54) is 0 Å². The average Bonchev–Trinajstić information content (AvgIpc) is 3.18. The molecule has 1 aliphatic heterocycles. The van der Waals surface area contributed by atoms with E-state index in [4.69, 9.17) is 19.9 Å². The van der Waals surface area contributed by atoms with Gasteiger partial charge in [0.1, 0.15) is 5.75 Å². The van der Waals surface area contributed by atoms with Gasteiger partial charge in [-0.1, -0.05) is 18.2 Å². The lowest BCUT2D eigenvalue weighted by Gasteiger charge is -2.15. The highest BCUT2D eigenvalue weighted by molar-refractivity contribution is 5.79. The van der Waals surface area contributed by atoms with Crippen LogP contribution in [0.1, 0.15) is 18.1 Å². The van der Waals surface area contributed by atoms with Crippen molar-refractivity contribution in [1.82, 2.24) is 10.6 Å². The Kier molecular flexibility index (Phi) is 6.78. The number of rotatable bonds is 9. The summed E-state index contributed by atoms with van der Waals surface area (Å²) >= 11 is 0. The van der Waals surface area contributed by atoms with E-state index in [9.17, 15) is 9.59 Å². The molecule has 0 spiro atoms. The fourth-order valence-electron chi connectivity index (χ4n) is 2.96. The van der Waals surface area contributed by atoms with Gasteiger partial charge in [0, 0.05) is 13.1 Å². The number of hydrogen-bond acceptors (Lipinski definition) is 5. The van der Waals surface area contributed by atoms with Crippen molar-refractivity contribution in [2.75, 3.05) is 19.9 Å². The standard InChI is InChI=1S/C21H25N3O5/c1-2-27-17-6-3-14(4-7-17)9-16(20(22)25)12-24-21(26)23-11-15-5-8-18-19(10-15)29-13-28-18/h3-8,10,16H,2,9,11-13H2,1H3,(H2,22,25)(H2,23,24,26)/t16-/m1/s1. The van der Waals surface area contributed by atoms with E-state index in [1.54, 1.807) is 6.07 Å². The molecule has 8 heteroatoms. The molecule has 4 N–H and O–H groups in total. The van der Waals surface area contributed by atoms with Crippen LogP contribution in [-0.4, -0.2) is 31.9 Å². The number of nitrogens with two attached hydrogens (primary N) is 1. The van der Waals surface area contributed by atoms with Crippen LogP contribution in [0.3, 0.4) is 0 Å². The molecule has 1 heterocycles. The zero-order valence-corrected chi connectivity index (χ0v) is 16.3. The molecule has 0 aliphatic carbocycles. The van der Waals surface area contributed by atoms with Crippen molar-refractivity contribution in [2.45, 2.75) is 19.9 Å². The fraction of sp³-hybridized carbons (Fsp3) is 0.333. The van der Waals surface area contributed by atoms with E-state index in [2.05, 4.69) is 10.6 Å². The van der Waals surface area contributed by atoms with Crippen molar-refractivity contribution in [3.63, 3.8) is 0 Å². The van der Waals surface area contributed by atoms with Gasteiger partial charge in [-0.25, -0.2) is 4.79 Å². The smallest absolute Gasteiger partial charge is 0.315 e. The minimum Gasteiger partial charge on any atom is -0.494 e. The number of nitrogens with one attached hydrogen (secondary N) is 2. The van der Waals surface area contributed by atoms with Gasteiger partial charge >= 0.3 is 6.03 Å². The highest BCUT2D eigenvalue weighted by atomic mass is 16.7. The summed E-state index contributed by atoms with van der Waals surface area (Å²) in [5, 5.41) is 5.46. The van der Waals surface area contributed by atoms with Crippen molar-refractivity contribution >= 4 is 11.9 Å². The number of hydrogen-bond donors (Lipinski definition) is 3. The Morgan fingerprint density at radius 2 is 1.79 bits per heavy atom. The first kappa shape index (κ1) is 20.3. The summed E-state index contributed by atoms with van der Waals surface area (Å²) < 4.78 is 16.0. The summed E-state index contributed by atoms with van der Waals surface area (Å²) in [7, 11) is 0. The first-order valence-corrected chi connectivity index (χ1v) is 9.46. The van der Waals surface area contributed by atoms with Gasteiger partial charge in [-0.05, 0) is 48.7 Å². The lowest BCUT2D eigenvalue weighted by molar-refractivity contribution is -0.121. The number of amides is 3. The second-order valence-corrected chi connectivity index (χ2v) is 6.63. The highest BCUT2D eigenvalue weighted by Gasteiger charge is 2.18. The number of carbonyl (C=O) groups excluding carboxylic acids is 2. The van der Waals surface area contributed by atoms with E-state index < -0.39 is 11.8 Å². The lowest BCUT2D eigenvalue weighted by atomic mass is 9.98. The van der Waals surface area contributed by atoms with Gasteiger partial charge in [-0.3, -0.25) is 4.79 Å². The van der Waals surface area contributed by atoms with Crippen LogP contribution in [0.4, 0.5) is 4.79 Å². The summed E-state index contributed by atoms with van der Waals surface area (Å²) in [6.45, 7) is 3.18. The maximum atomic E-state index is 12.1. The molecule has 154 valence electrons. The SMILES string of the molecule is CCOc1ccc(C[C@H](CNC(=O)NCc2ccc3c(c2)OCO3)C(N)=O)cc1. The third-order valence-electron chi connectivity index (χ3n) is 4.52. The van der Waals surface area contributed by atoms with Crippen LogP contribution < -0.4 is 30.6 Å². The zero-order chi connectivity index (χ0) is 20.6. The van der Waals surface area contributed by atoms with E-state index in [1.807, 2.05) is 43.3 Å². The Morgan fingerprint density at radius 1 is 1.07 bits per heavy atom. The molecule has 3 amide bonds. The predicted octanol–water partition coefficient (Wildman–Crippen LogP) is 1.96. The third-order valence-corrected chi connectivity index (χ3v) is 4.52. The van der Waals surface area contributed by atoms with Crippen molar-refractivity contribution in [3.05, 3.63) is 53.6 Å². The number of carbonyl (C=O) groups is 2. The number of urea groups is 1. The molecule has 29 heavy (non-hydrogen) atoms. The summed E-state index contributed by atoms with van der Waals surface area (Å²) in [5.74, 6) is 1.15. The van der Waals surface area contributed by atoms with Crippen LogP contribution in [0.15, 0.2) is 42.5 Å². The van der Waals surface area contributed by atoms with Gasteiger partial charge in [-0.2, -0.15) is 0 Å². The third kappa shape index (κ3) is 5.78. The first-order chi connectivity index (χ1) is 14.0. The molecule has 0 aromatic heterocycles. The fourth-order valence-corrected chi connectivity index (χ4v) is 2.96. The normalized spacial score (nSPS) is 12.9. The summed E-state index contributed by atoms with van der Waals surface area (Å²) in [6, 6.07) is 12.6. The quantitative estimate of drug-likeness (QED) is 0.597. The molecule has 0 unspecified atom stereocenters. The molecule has 1 aliphatic rings. The number of benzene rings is 2. The molecule has 3 rings (SSSR count). The van der Waals surface area contributed by atoms with Crippen molar-refractivity contribution in [2.24, 2.45) is 11.7 Å². The summed E-state index contributed by atoms with van der Waals surface area (Å²) in [4.78, 5) is 23.9. The number of fused-ring (bicyclic) bond motifs is 1. The summed E-state index contributed by atoms with van der Waals surface area (Å²) in [6.07, 6.45) is 0.435. The topological polar surface area (TPSA) is 112 Å². The van der Waals surface area contributed by atoms with Gasteiger partial charge in [0.05, 0.1) is 12.5 Å². The minimum atomic E-state index is -0.510. The monoisotopic (exact) mass is 399 g/mol. The molecule has 0 radical (unpaired) electrons. The van der Waals surface area contributed by atoms with Crippen molar-refractivity contribution < 1.29 is 23.8 Å². The lowest BCUT2D eigenvalue weighted by Crippen LogP contribution is -2.41. The number of primary amides is 1. The van der Waals surface area contributed by atoms with E-state index in [0.29, 0.717) is 31.1 Å². The molecule has 0 fully saturated rings. The Balaban J connectivity index is 1.46. The van der Waals surface area contributed by atoms with E-state index >= 15 is 0 Å². The van der Waals surface area contributed by atoms with Crippen LogP contribution >= 0.6 is 0 Å². The van der Waals surface area contributed by atoms with Crippen LogP contribution in [0.25, 0.3) is 0 Å². The van der Waals surface area contributed by atoms with Crippen LogP contribution in [-0.2, 0) is 17.8 Å². The van der Waals surface area contributed by atoms with Gasteiger partial charge in [0.15, 0.2) is 11.5 Å². The maximum Gasteiger partial charge on any atom is 0.315 e. The first-order valence-electron chi connectivity index (χ1n) is 9.46. The molecule has 8 nitrogen and oxygen atoms in total. The Hall–Kier alpha value is -3.42. The van der Waals surface area contributed by atoms with E-state index in [-0.39, 0.29) is 19.4 Å². The van der Waals surface area contributed by atoms with Gasteiger partial charge in [-0.15, -0.1) is 0 Å². The zero-order valence-electron chi connectivity index (χ0n) is 16.3. The van der Waals surface area contributed by atoms with Crippen LogP contribution in [0, 0.1) is 5.92 Å². The predicted molar refractivity (Wildman–Crippen MR) is 107 cm³/mol. The molecule has 0 bridgehead atoms. The molecular weight excluding hydrogens is 374 g/mol. The Morgan fingerprint density at radius 3 is 2.52 bits per heavy atom. The largest absolute Gasteiger partial charge is 0.494 e. The summed E-state index contributed by atoms with van der Waals surface area (Å²) in [5.41, 5.74) is 7.33. The molecular formula is C21H25N3O5. The van der Waals surface area contributed by atoms with Crippen LogP contribution in [0.5, 0.6) is 17.2 Å².